The maximum absolute atomic E-state index is 12.8. The number of pyridine rings is 1. The van der Waals surface area contributed by atoms with Gasteiger partial charge in [0.05, 0.1) is 74.4 Å². The van der Waals surface area contributed by atoms with Gasteiger partial charge in [0.15, 0.2) is 0 Å². The molecule has 0 spiro atoms. The van der Waals surface area contributed by atoms with Crippen LogP contribution in [-0.4, -0.2) is 336 Å². The number of aromatic nitrogens is 1. The molecule has 10 aromatic carbocycles. The predicted octanol–water partition coefficient (Wildman–Crippen LogP) is 10.6. The van der Waals surface area contributed by atoms with Crippen molar-refractivity contribution in [3.63, 3.8) is 0 Å². The van der Waals surface area contributed by atoms with Gasteiger partial charge < -0.3 is 74.5 Å². The second-order valence-corrected chi connectivity index (χ2v) is 40.5. The maximum Gasteiger partial charge on any atom is 0.242 e. The second-order valence-electron chi connectivity index (χ2n) is 40.5. The fourth-order valence-corrected chi connectivity index (χ4v) is 21.8. The number of carbonyl (C=O) groups excluding carboxylic acids is 5. The van der Waals surface area contributed by atoms with E-state index in [1.54, 1.807) is 11.1 Å². The van der Waals surface area contributed by atoms with Gasteiger partial charge in [-0.2, -0.15) is 0 Å². The van der Waals surface area contributed by atoms with E-state index in [0.29, 0.717) is 131 Å². The highest BCUT2D eigenvalue weighted by atomic mass is 16.3. The number of β-amino-alcohol motifs (C(OH)–C–C–N with tert-alkyl or cyclic N) is 5. The summed E-state index contributed by atoms with van der Waals surface area (Å²) < 4.78 is 0. The summed E-state index contributed by atoms with van der Waals surface area (Å²) >= 11 is 0. The van der Waals surface area contributed by atoms with Crippen LogP contribution in [0.3, 0.4) is 0 Å². The number of anilines is 5. The molecule has 5 fully saturated rings. The smallest absolute Gasteiger partial charge is 0.242 e. The molecule has 10 aliphatic rings. The maximum atomic E-state index is 12.8. The Morgan fingerprint density at radius 3 is 0.762 bits per heavy atom. The fourth-order valence-electron chi connectivity index (χ4n) is 21.8. The third-order valence-electron chi connectivity index (χ3n) is 29.6. The topological polar surface area (TPSA) is 248 Å². The first-order valence-electron chi connectivity index (χ1n) is 51.6. The van der Waals surface area contributed by atoms with Gasteiger partial charge in [-0.1, -0.05) is 194 Å². The van der Waals surface area contributed by atoms with Gasteiger partial charge in [0.25, 0.3) is 0 Å². The highest BCUT2D eigenvalue weighted by Gasteiger charge is 2.35. The van der Waals surface area contributed by atoms with Crippen LogP contribution < -0.4 is 24.5 Å². The Morgan fingerprint density at radius 2 is 0.483 bits per heavy atom. The number of para-hydroxylation sites is 1. The van der Waals surface area contributed by atoms with E-state index in [1.165, 1.54) is 77.9 Å². The summed E-state index contributed by atoms with van der Waals surface area (Å²) in [4.78, 5) is 98.9. The summed E-state index contributed by atoms with van der Waals surface area (Å²) in [5.41, 5.74) is 24.9. The third kappa shape index (κ3) is 28.2. The van der Waals surface area contributed by atoms with E-state index in [2.05, 4.69) is 282 Å². The van der Waals surface area contributed by atoms with Crippen molar-refractivity contribution in [1.29, 1.82) is 0 Å². The Balaban J connectivity index is 0.000000123. The van der Waals surface area contributed by atoms with Gasteiger partial charge in [-0.15, -0.1) is 0 Å². The number of nitrogens with zero attached hydrogens (tertiary/aromatic N) is 16. The van der Waals surface area contributed by atoms with Gasteiger partial charge in [-0.3, -0.25) is 53.5 Å². The standard InChI is InChI=1S/C25H28N4O2.4C23H29N3O2/c30-22(16-27-12-10-19-5-1-2-6-21(19)15-27)17-29-14-13-28(18-24(29)31)23-9-3-7-20-8-4-11-26-25(20)23;3*1-18-5-4-8-21(13-18)25-11-12-26(23(28)17-25)16-22(27)15-24-10-9-19-6-2-3-7-20(19)14-24;1-18-6-8-21(9-7-18)25-12-13-26(23(28)17-25)16-22(27)15-24-11-10-19-4-2-3-5-20(19)14-24/h1-9,11,22,30H,10,12-18H2;3*2-8,13,22,27H,9-12,14-17H2,1H3;2-9,22,27H,10-17H2,1H3. The molecule has 1 aromatic heterocycles. The molecule has 21 rings (SSSR count). The van der Waals surface area contributed by atoms with E-state index in [-0.39, 0.29) is 29.5 Å². The number of aliphatic hydroxyl groups excluding tert-OH is 5. The molecule has 0 aliphatic carbocycles. The normalized spacial score (nSPS) is 18.7. The lowest BCUT2D eigenvalue weighted by Crippen LogP contribution is -2.53. The zero-order chi connectivity index (χ0) is 99.2. The lowest BCUT2D eigenvalue weighted by atomic mass is 10.00. The highest BCUT2D eigenvalue weighted by molar-refractivity contribution is 5.94. The molecule has 5 unspecified atom stereocenters. The van der Waals surface area contributed by atoms with Crippen LogP contribution in [-0.2, 0) is 88.8 Å². The number of amides is 5. The van der Waals surface area contributed by atoms with Crippen molar-refractivity contribution in [2.75, 3.05) is 221 Å². The van der Waals surface area contributed by atoms with Gasteiger partial charge in [0.2, 0.25) is 29.5 Å². The van der Waals surface area contributed by atoms with E-state index < -0.39 is 30.5 Å². The van der Waals surface area contributed by atoms with Gasteiger partial charge in [-0.25, -0.2) is 0 Å². The number of carbonyl (C=O) groups is 5. The first-order valence-corrected chi connectivity index (χ1v) is 51.6. The number of piperazine rings is 5. The first kappa shape index (κ1) is 102. The van der Waals surface area contributed by atoms with Crippen LogP contribution in [0.1, 0.15) is 77.9 Å². The number of hydrogen-bond acceptors (Lipinski definition) is 21. The molecule has 11 heterocycles. The minimum absolute atomic E-state index is 0.0576. The number of fused-ring (bicyclic) bond motifs is 6. The lowest BCUT2D eigenvalue weighted by molar-refractivity contribution is -0.133. The summed E-state index contributed by atoms with van der Waals surface area (Å²) in [5.74, 6) is 0.430. The van der Waals surface area contributed by atoms with E-state index in [4.69, 9.17) is 0 Å². The van der Waals surface area contributed by atoms with Crippen molar-refractivity contribution in [2.24, 2.45) is 0 Å². The van der Waals surface area contributed by atoms with Crippen LogP contribution in [0.25, 0.3) is 10.9 Å². The third-order valence-corrected chi connectivity index (χ3v) is 29.6. The average Bonchev–Trinajstić information content (AvgIpc) is 0.793. The summed E-state index contributed by atoms with van der Waals surface area (Å²) in [6, 6.07) is 85.7. The summed E-state index contributed by atoms with van der Waals surface area (Å²) in [6.07, 6.45) is 4.31. The molecule has 5 atom stereocenters. The minimum atomic E-state index is -0.542. The van der Waals surface area contributed by atoms with Gasteiger partial charge in [-0.05, 0) is 193 Å². The zero-order valence-electron chi connectivity index (χ0n) is 83.9. The van der Waals surface area contributed by atoms with Crippen LogP contribution in [0.5, 0.6) is 0 Å². The predicted molar refractivity (Wildman–Crippen MR) is 568 cm³/mol. The van der Waals surface area contributed by atoms with E-state index in [0.717, 1.165) is 170 Å². The number of aliphatic hydroxyl groups is 5. The largest absolute Gasteiger partial charge is 0.390 e. The van der Waals surface area contributed by atoms with E-state index in [1.807, 2.05) is 68.1 Å². The second kappa shape index (κ2) is 49.2. The Labute approximate surface area is 844 Å². The number of benzene rings is 10. The molecule has 10 aliphatic heterocycles. The molecule has 752 valence electrons. The van der Waals surface area contributed by atoms with Crippen LogP contribution in [0.4, 0.5) is 28.4 Å². The van der Waals surface area contributed by atoms with Crippen molar-refractivity contribution in [3.8, 4) is 0 Å². The van der Waals surface area contributed by atoms with Crippen LogP contribution >= 0.6 is 0 Å². The van der Waals surface area contributed by atoms with E-state index in [9.17, 15) is 49.5 Å². The van der Waals surface area contributed by atoms with Crippen molar-refractivity contribution >= 4 is 68.9 Å². The molecule has 5 saturated heterocycles. The average molecular weight is 1930 g/mol. The molecule has 5 N–H and O–H groups in total. The van der Waals surface area contributed by atoms with Gasteiger partial charge in [0.1, 0.15) is 0 Å². The molecule has 11 aromatic rings. The molecule has 26 heteroatoms. The molecule has 5 amide bonds. The molecule has 26 nitrogen and oxygen atoms in total. The number of aryl methyl sites for hydroxylation is 4. The summed E-state index contributed by atoms with van der Waals surface area (Å²) in [5, 5.41) is 54.1. The Kier molecular flexibility index (Phi) is 35.1. The lowest BCUT2D eigenvalue weighted by Gasteiger charge is -2.37. The molecular formula is C117H144N16O10. The van der Waals surface area contributed by atoms with Crippen LogP contribution in [0, 0.1) is 27.7 Å². The van der Waals surface area contributed by atoms with E-state index >= 15 is 0 Å². The first-order chi connectivity index (χ1) is 69.5. The Bertz CT molecular complexity index is 5770. The van der Waals surface area contributed by atoms with Crippen LogP contribution in [0.2, 0.25) is 0 Å². The zero-order valence-corrected chi connectivity index (χ0v) is 83.9. The Morgan fingerprint density at radius 1 is 0.231 bits per heavy atom. The number of rotatable bonds is 25. The SMILES string of the molecule is Cc1ccc(N2CCN(CC(O)CN3CCc4ccccc4C3)C(=O)C2)cc1.Cc1cccc(N2CCN(CC(O)CN3CCc4ccccc4C3)C(=O)C2)c1.Cc1cccc(N2CCN(CC(O)CN3CCc4ccccc4C3)C(=O)C2)c1.Cc1cccc(N2CCN(CC(O)CN3CCc4ccccc4C3)C(=O)C2)c1.O=C1CN(c2cccc3cccnc23)CCN1CC(O)CN1CCc2ccccc2C1. The van der Waals surface area contributed by atoms with Crippen molar-refractivity contribution in [2.45, 2.75) is 123 Å². The summed E-state index contributed by atoms with van der Waals surface area (Å²) in [6.45, 7) is 31.6. The van der Waals surface area contributed by atoms with Crippen LogP contribution in [0.15, 0.2) is 255 Å². The molecule has 0 radical (unpaired) electrons. The van der Waals surface area contributed by atoms with Gasteiger partial charge >= 0.3 is 0 Å². The number of hydrogen-bond donors (Lipinski definition) is 5. The Hall–Kier alpha value is -12.4. The van der Waals surface area contributed by atoms with Crippen molar-refractivity contribution < 1.29 is 49.5 Å². The molecule has 0 bridgehead atoms. The molecule has 143 heavy (non-hydrogen) atoms. The quantitative estimate of drug-likeness (QED) is 0.0357. The monoisotopic (exact) mass is 1930 g/mol. The summed E-state index contributed by atoms with van der Waals surface area (Å²) in [7, 11) is 0. The highest BCUT2D eigenvalue weighted by Crippen LogP contribution is 2.31. The van der Waals surface area contributed by atoms with Gasteiger partial charge in [0, 0.05) is 231 Å². The molecule has 0 saturated carbocycles. The minimum Gasteiger partial charge on any atom is -0.390 e. The van der Waals surface area contributed by atoms with Crippen molar-refractivity contribution in [1.82, 2.24) is 54.0 Å². The van der Waals surface area contributed by atoms with Crippen molar-refractivity contribution in [3.05, 3.63) is 333 Å². The fraction of sp³-hybridized carbons (Fsp3) is 0.419. The molecular weight excluding hydrogens is 1790 g/mol.